The minimum Gasteiger partial charge on any atom is -0.494 e. The van der Waals surface area contributed by atoms with E-state index < -0.39 is 29.8 Å². The van der Waals surface area contributed by atoms with E-state index in [0.29, 0.717) is 67.1 Å². The normalized spacial score (nSPS) is 18.8. The molecule has 3 heterocycles. The molecule has 3 amide bonds. The number of aliphatic hydroxyl groups excluding tert-OH is 1. The third-order valence-corrected chi connectivity index (χ3v) is 15.1. The number of nitroso groups, excluding NO2 is 1. The molecule has 4 aromatic carbocycles. The Kier molecular flexibility index (Phi) is 15.8. The fraction of sp³-hybridized carbons (Fsp3) is 0.418. The number of aliphatic hydroxyl groups is 1. The first-order chi connectivity index (χ1) is 34.1. The molecule has 2 aliphatic heterocycles. The summed E-state index contributed by atoms with van der Waals surface area (Å²) in [5.41, 5.74) is 9.19. The number of rotatable bonds is 20. The standard InChI is InChI=1S/C55H61N7O7S2/c1-34(2)51(62(67)48-30-43(63)29-46(48)50(64)57-31-38-12-15-39(16-13-38)49-36(4)58-33-71-49)59-32-40-28-37(14-22-45(40)52(59)65)11-8-9-24-68-25-10-26-69-44-20-17-41(18-21-44)61-54(70)60(53(66)55(61,5)6)42-19-23-47(56-7)35(3)27-42/h12-23,27-28,33-34,43,46,48,51,63H,8-11,24-26,29-32H2,1-6H3/p+1/t43-,46-,48?,51-/m1/s1. The summed E-state index contributed by atoms with van der Waals surface area (Å²) < 4.78 is 12.8. The molecule has 8 rings (SSSR count). The number of aromatic nitrogens is 1. The summed E-state index contributed by atoms with van der Waals surface area (Å²) in [5, 5.41) is 14.1. The van der Waals surface area contributed by atoms with E-state index >= 15 is 0 Å². The number of ether oxygens (including phenoxy) is 2. The first-order valence-corrected chi connectivity index (χ1v) is 25.7. The van der Waals surface area contributed by atoms with E-state index in [9.17, 15) is 24.4 Å². The van der Waals surface area contributed by atoms with Gasteiger partial charge in [-0.2, -0.15) is 0 Å². The van der Waals surface area contributed by atoms with Gasteiger partial charge in [0.1, 0.15) is 17.2 Å². The molecule has 1 saturated heterocycles. The molecule has 1 unspecified atom stereocenters. The number of amides is 3. The molecule has 16 heteroatoms. The van der Waals surface area contributed by atoms with Crippen LogP contribution in [0.2, 0.25) is 0 Å². The van der Waals surface area contributed by atoms with Crippen molar-refractivity contribution in [3.63, 3.8) is 0 Å². The van der Waals surface area contributed by atoms with Crippen LogP contribution in [0.5, 0.6) is 5.75 Å². The first-order valence-electron chi connectivity index (χ1n) is 24.4. The summed E-state index contributed by atoms with van der Waals surface area (Å²) >= 11 is 7.42. The van der Waals surface area contributed by atoms with Gasteiger partial charge in [-0.05, 0) is 136 Å². The zero-order valence-electron chi connectivity index (χ0n) is 41.2. The van der Waals surface area contributed by atoms with Gasteiger partial charge in [0.05, 0.1) is 41.9 Å². The van der Waals surface area contributed by atoms with Gasteiger partial charge in [-0.25, -0.2) is 9.83 Å². The number of carbonyl (C=O) groups excluding carboxylic acids is 3. The second-order valence-corrected chi connectivity index (χ2v) is 20.8. The van der Waals surface area contributed by atoms with Crippen LogP contribution in [0.4, 0.5) is 17.1 Å². The Morgan fingerprint density at radius 2 is 1.68 bits per heavy atom. The van der Waals surface area contributed by atoms with Gasteiger partial charge in [-0.3, -0.25) is 24.2 Å². The number of fused-ring (bicyclic) bond motifs is 1. The molecule has 2 fully saturated rings. The Balaban J connectivity index is 0.757. The molecule has 1 aliphatic carbocycles. The van der Waals surface area contributed by atoms with Gasteiger partial charge in [0.15, 0.2) is 10.8 Å². The van der Waals surface area contributed by atoms with Crippen LogP contribution in [0, 0.1) is 37.2 Å². The second-order valence-electron chi connectivity index (χ2n) is 19.6. The molecule has 1 aromatic heterocycles. The van der Waals surface area contributed by atoms with Crippen LogP contribution < -0.4 is 19.9 Å². The second kappa shape index (κ2) is 21.9. The van der Waals surface area contributed by atoms with Crippen LogP contribution in [-0.2, 0) is 33.8 Å². The Hall–Kier alpha value is -6.38. The third kappa shape index (κ3) is 10.9. The van der Waals surface area contributed by atoms with Gasteiger partial charge >= 0.3 is 0 Å². The maximum Gasteiger partial charge on any atom is 0.281 e. The first kappa shape index (κ1) is 51.0. The predicted molar refractivity (Wildman–Crippen MR) is 280 cm³/mol. The van der Waals surface area contributed by atoms with E-state index in [0.717, 1.165) is 68.1 Å². The van der Waals surface area contributed by atoms with E-state index in [1.165, 1.54) is 4.90 Å². The third-order valence-electron chi connectivity index (χ3n) is 13.8. The van der Waals surface area contributed by atoms with Crippen molar-refractivity contribution in [2.24, 2.45) is 11.8 Å². The number of unbranched alkanes of at least 4 members (excludes halogenated alkanes) is 1. The highest BCUT2D eigenvalue weighted by Gasteiger charge is 2.54. The Morgan fingerprint density at radius 3 is 2.37 bits per heavy atom. The number of benzene rings is 4. The fourth-order valence-corrected chi connectivity index (χ4v) is 11.4. The van der Waals surface area contributed by atoms with E-state index in [1.54, 1.807) is 28.4 Å². The molecule has 71 heavy (non-hydrogen) atoms. The van der Waals surface area contributed by atoms with Crippen LogP contribution in [0.15, 0.2) is 90.4 Å². The van der Waals surface area contributed by atoms with Crippen LogP contribution in [0.3, 0.4) is 0 Å². The maximum atomic E-state index is 14.3. The number of hydrogen-bond acceptors (Lipinski definition) is 10. The van der Waals surface area contributed by atoms with Gasteiger partial charge in [0.2, 0.25) is 11.9 Å². The number of aryl methyl sites for hydroxylation is 3. The van der Waals surface area contributed by atoms with Gasteiger partial charge in [-0.15, -0.1) is 11.3 Å². The Morgan fingerprint density at radius 1 is 0.958 bits per heavy atom. The van der Waals surface area contributed by atoms with Crippen molar-refractivity contribution in [1.29, 1.82) is 0 Å². The molecule has 1 saturated carbocycles. The van der Waals surface area contributed by atoms with E-state index in [2.05, 4.69) is 21.2 Å². The van der Waals surface area contributed by atoms with Gasteiger partial charge in [0, 0.05) is 65.1 Å². The Bertz CT molecular complexity index is 2840. The molecule has 370 valence electrons. The molecule has 5 aromatic rings. The SMILES string of the molecule is [C-]#[N+]c1ccc(N2C(=O)C(C)(C)N(c3ccc(OCCCOCCCCc4ccc5c(c4)CN([C@@H](C(C)C)[N+](=O)C4C[C@H](O)C[C@H]4C(=O)NCc4ccc(-c6scnc6C)cc4)C5=O)cc3)C2=S)cc1C. The summed E-state index contributed by atoms with van der Waals surface area (Å²) in [6.45, 7) is 21.0. The topological polar surface area (TPSA) is 149 Å². The smallest absolute Gasteiger partial charge is 0.281 e. The number of hydrogen-bond donors (Lipinski definition) is 2. The highest BCUT2D eigenvalue weighted by atomic mass is 32.1. The summed E-state index contributed by atoms with van der Waals surface area (Å²) in [6, 6.07) is 25.9. The summed E-state index contributed by atoms with van der Waals surface area (Å²) in [5.74, 6) is -0.870. The molecule has 2 N–H and O–H groups in total. The Labute approximate surface area is 425 Å². The zero-order valence-corrected chi connectivity index (χ0v) is 42.9. The van der Waals surface area contributed by atoms with Gasteiger partial charge in [-0.1, -0.05) is 56.3 Å². The lowest BCUT2D eigenvalue weighted by molar-refractivity contribution is -0.648. The van der Waals surface area contributed by atoms with Crippen molar-refractivity contribution in [3.05, 3.63) is 140 Å². The van der Waals surface area contributed by atoms with Crippen molar-refractivity contribution in [2.45, 2.75) is 117 Å². The molecular formula is C55H62N7O7S2+. The monoisotopic (exact) mass is 996 g/mol. The molecule has 3 aliphatic rings. The largest absolute Gasteiger partial charge is 0.494 e. The molecule has 14 nitrogen and oxygen atoms in total. The highest BCUT2D eigenvalue weighted by Crippen LogP contribution is 2.39. The zero-order chi connectivity index (χ0) is 50.6. The predicted octanol–water partition coefficient (Wildman–Crippen LogP) is 9.88. The van der Waals surface area contributed by atoms with Crippen LogP contribution in [0.25, 0.3) is 15.3 Å². The number of anilines is 2. The van der Waals surface area contributed by atoms with Crippen LogP contribution >= 0.6 is 23.6 Å². The molecule has 0 spiro atoms. The lowest BCUT2D eigenvalue weighted by Gasteiger charge is -2.29. The van der Waals surface area contributed by atoms with E-state index in [-0.39, 0.29) is 36.5 Å². The maximum absolute atomic E-state index is 14.3. The number of thiocarbonyl (C=S) groups is 1. The lowest BCUT2D eigenvalue weighted by Crippen LogP contribution is -2.52. The molecule has 4 atom stereocenters. The van der Waals surface area contributed by atoms with Crippen LogP contribution in [0.1, 0.15) is 98.1 Å². The highest BCUT2D eigenvalue weighted by molar-refractivity contribution is 7.81. The van der Waals surface area contributed by atoms with Crippen molar-refractivity contribution in [2.75, 3.05) is 29.6 Å². The number of nitrogens with zero attached hydrogens (tertiary/aromatic N) is 6. The van der Waals surface area contributed by atoms with Gasteiger partial charge in [0.25, 0.3) is 18.0 Å². The minimum atomic E-state index is -0.915. The summed E-state index contributed by atoms with van der Waals surface area (Å²) in [7, 11) is 0. The van der Waals surface area contributed by atoms with Crippen molar-refractivity contribution in [3.8, 4) is 16.2 Å². The van der Waals surface area contributed by atoms with Crippen molar-refractivity contribution < 1.29 is 33.7 Å². The number of nitrogens with one attached hydrogen (secondary N) is 1. The van der Waals surface area contributed by atoms with E-state index in [4.69, 9.17) is 28.3 Å². The van der Waals surface area contributed by atoms with Gasteiger partial charge < -0.3 is 24.8 Å². The van der Waals surface area contributed by atoms with E-state index in [1.807, 2.05) is 119 Å². The van der Waals surface area contributed by atoms with Crippen molar-refractivity contribution in [1.82, 2.24) is 15.2 Å². The lowest BCUT2D eigenvalue weighted by atomic mass is 9.99. The minimum absolute atomic E-state index is 0.143. The summed E-state index contributed by atoms with van der Waals surface area (Å²) in [6.07, 6.45) is 2.04. The quantitative estimate of drug-likeness (QED) is 0.0334. The average Bonchev–Trinajstić information content (AvgIpc) is 4.09. The molecule has 0 bridgehead atoms. The number of thiazole rings is 1. The average molecular weight is 997 g/mol. The summed E-state index contributed by atoms with van der Waals surface area (Å²) in [4.78, 5) is 69.4. The van der Waals surface area contributed by atoms with Crippen LogP contribution in [-0.4, -0.2) is 86.3 Å². The molecule has 0 radical (unpaired) electrons. The molecular weight excluding hydrogens is 935 g/mol. The van der Waals surface area contributed by atoms with Crippen molar-refractivity contribution >= 4 is 63.5 Å². The number of carbonyl (C=O) groups is 3. The fourth-order valence-electron chi connectivity index (χ4n) is 10.0.